The molecule has 1 rings (SSSR count). The fourth-order valence-corrected chi connectivity index (χ4v) is 1.83. The van der Waals surface area contributed by atoms with E-state index < -0.39 is 0 Å². The van der Waals surface area contributed by atoms with Gasteiger partial charge in [0.25, 0.3) is 0 Å². The summed E-state index contributed by atoms with van der Waals surface area (Å²) in [6.45, 7) is 9.01. The van der Waals surface area contributed by atoms with Crippen LogP contribution in [0.4, 0.5) is 0 Å². The predicted octanol–water partition coefficient (Wildman–Crippen LogP) is 3.32. The number of nitrogens with two attached hydrogens (primary N) is 1. The highest BCUT2D eigenvalue weighted by molar-refractivity contribution is 5.47. The van der Waals surface area contributed by atoms with Crippen molar-refractivity contribution in [1.29, 1.82) is 0 Å². The monoisotopic (exact) mass is 263 g/mol. The lowest BCUT2D eigenvalue weighted by Gasteiger charge is -2.17. The molecule has 3 nitrogen and oxygen atoms in total. The van der Waals surface area contributed by atoms with E-state index >= 15 is 0 Å². The summed E-state index contributed by atoms with van der Waals surface area (Å²) in [5.41, 5.74) is 7.16. The van der Waals surface area contributed by atoms with Gasteiger partial charge >= 0.3 is 0 Å². The molecule has 0 radical (unpaired) electrons. The van der Waals surface area contributed by atoms with Crippen LogP contribution in [0.2, 0.25) is 0 Å². The number of hydrogen-bond acceptors (Lipinski definition) is 3. The standard InChI is InChI=1S/C16H25NO2/c1-4-7-11-19-16-13(12-14(17)5-2)9-8-10-15(16)18-6-3/h4,8-10,14H,1,5-7,11-12,17H2,2-3H3. The molecule has 0 bridgehead atoms. The molecule has 0 spiro atoms. The number of ether oxygens (including phenoxy) is 2. The van der Waals surface area contributed by atoms with Crippen molar-refractivity contribution in [3.05, 3.63) is 36.4 Å². The van der Waals surface area contributed by atoms with Crippen LogP contribution >= 0.6 is 0 Å². The van der Waals surface area contributed by atoms with Crippen LogP contribution in [-0.2, 0) is 6.42 Å². The zero-order valence-corrected chi connectivity index (χ0v) is 12.0. The maximum Gasteiger partial charge on any atom is 0.164 e. The first kappa shape index (κ1) is 15.6. The Labute approximate surface area is 116 Å². The van der Waals surface area contributed by atoms with Crippen molar-refractivity contribution in [3.8, 4) is 11.5 Å². The third-order valence-corrected chi connectivity index (χ3v) is 2.94. The van der Waals surface area contributed by atoms with Gasteiger partial charge in [-0.05, 0) is 37.8 Å². The molecule has 0 aliphatic heterocycles. The Kier molecular flexibility index (Phi) is 7.04. The summed E-state index contributed by atoms with van der Waals surface area (Å²) in [5.74, 6) is 1.63. The van der Waals surface area contributed by atoms with Crippen molar-refractivity contribution < 1.29 is 9.47 Å². The van der Waals surface area contributed by atoms with E-state index in [1.165, 1.54) is 0 Å². The van der Waals surface area contributed by atoms with E-state index in [4.69, 9.17) is 15.2 Å². The number of rotatable bonds is 9. The van der Waals surface area contributed by atoms with Gasteiger partial charge in [-0.25, -0.2) is 0 Å². The Morgan fingerprint density at radius 2 is 2.11 bits per heavy atom. The van der Waals surface area contributed by atoms with Crippen LogP contribution in [0.1, 0.15) is 32.3 Å². The molecule has 0 fully saturated rings. The van der Waals surface area contributed by atoms with Crippen LogP contribution in [-0.4, -0.2) is 19.3 Å². The quantitative estimate of drug-likeness (QED) is 0.549. The van der Waals surface area contributed by atoms with Crippen molar-refractivity contribution >= 4 is 0 Å². The first-order valence-corrected chi connectivity index (χ1v) is 6.96. The molecule has 0 saturated heterocycles. The fourth-order valence-electron chi connectivity index (χ4n) is 1.83. The smallest absolute Gasteiger partial charge is 0.164 e. The van der Waals surface area contributed by atoms with Crippen LogP contribution in [0.15, 0.2) is 30.9 Å². The topological polar surface area (TPSA) is 44.5 Å². The first-order chi connectivity index (χ1) is 9.22. The largest absolute Gasteiger partial charge is 0.490 e. The second-order valence-corrected chi connectivity index (χ2v) is 4.48. The molecular formula is C16H25NO2. The Hall–Kier alpha value is -1.48. The van der Waals surface area contributed by atoms with Crippen molar-refractivity contribution in [2.75, 3.05) is 13.2 Å². The molecular weight excluding hydrogens is 238 g/mol. The zero-order valence-electron chi connectivity index (χ0n) is 12.0. The maximum atomic E-state index is 6.04. The fraction of sp³-hybridized carbons (Fsp3) is 0.500. The van der Waals surface area contributed by atoms with E-state index in [-0.39, 0.29) is 6.04 Å². The molecule has 3 heteroatoms. The Bertz CT molecular complexity index is 390. The Morgan fingerprint density at radius 1 is 1.32 bits per heavy atom. The lowest BCUT2D eigenvalue weighted by Crippen LogP contribution is -2.22. The van der Waals surface area contributed by atoms with Gasteiger partial charge in [0.05, 0.1) is 13.2 Å². The molecule has 0 aliphatic rings. The van der Waals surface area contributed by atoms with Crippen LogP contribution in [0, 0.1) is 0 Å². The van der Waals surface area contributed by atoms with Gasteiger partial charge in [-0.2, -0.15) is 0 Å². The summed E-state index contributed by atoms with van der Waals surface area (Å²) >= 11 is 0. The Morgan fingerprint density at radius 3 is 2.74 bits per heavy atom. The minimum Gasteiger partial charge on any atom is -0.490 e. The van der Waals surface area contributed by atoms with E-state index in [0.29, 0.717) is 13.2 Å². The van der Waals surface area contributed by atoms with Gasteiger partial charge in [-0.3, -0.25) is 0 Å². The van der Waals surface area contributed by atoms with Gasteiger partial charge in [-0.1, -0.05) is 25.1 Å². The normalized spacial score (nSPS) is 11.9. The van der Waals surface area contributed by atoms with Gasteiger partial charge in [0.15, 0.2) is 11.5 Å². The van der Waals surface area contributed by atoms with Crippen LogP contribution in [0.25, 0.3) is 0 Å². The van der Waals surface area contributed by atoms with Crippen molar-refractivity contribution in [3.63, 3.8) is 0 Å². The molecule has 2 N–H and O–H groups in total. The van der Waals surface area contributed by atoms with Crippen molar-refractivity contribution in [1.82, 2.24) is 0 Å². The number of hydrogen-bond donors (Lipinski definition) is 1. The van der Waals surface area contributed by atoms with Crippen LogP contribution in [0.3, 0.4) is 0 Å². The molecule has 1 unspecified atom stereocenters. The summed E-state index contributed by atoms with van der Waals surface area (Å²) in [6.07, 6.45) is 4.42. The molecule has 0 aliphatic carbocycles. The van der Waals surface area contributed by atoms with Crippen LogP contribution in [0.5, 0.6) is 11.5 Å². The molecule has 1 aromatic rings. The third-order valence-electron chi connectivity index (χ3n) is 2.94. The third kappa shape index (κ3) is 4.95. The highest BCUT2D eigenvalue weighted by atomic mass is 16.5. The highest BCUT2D eigenvalue weighted by Gasteiger charge is 2.13. The molecule has 0 amide bonds. The molecule has 19 heavy (non-hydrogen) atoms. The summed E-state index contributed by atoms with van der Waals surface area (Å²) in [4.78, 5) is 0. The van der Waals surface area contributed by atoms with Gasteiger partial charge in [-0.15, -0.1) is 6.58 Å². The maximum absolute atomic E-state index is 6.04. The first-order valence-electron chi connectivity index (χ1n) is 6.96. The average molecular weight is 263 g/mol. The summed E-state index contributed by atoms with van der Waals surface area (Å²) in [5, 5.41) is 0. The van der Waals surface area contributed by atoms with Crippen molar-refractivity contribution in [2.24, 2.45) is 5.73 Å². The second kappa shape index (κ2) is 8.59. The summed E-state index contributed by atoms with van der Waals surface area (Å²) in [7, 11) is 0. The van der Waals surface area contributed by atoms with Gasteiger partial charge in [0, 0.05) is 6.04 Å². The summed E-state index contributed by atoms with van der Waals surface area (Å²) in [6, 6.07) is 6.14. The van der Waals surface area contributed by atoms with E-state index in [2.05, 4.69) is 19.6 Å². The molecule has 1 aromatic carbocycles. The lowest BCUT2D eigenvalue weighted by atomic mass is 10.0. The van der Waals surface area contributed by atoms with E-state index in [0.717, 1.165) is 36.3 Å². The van der Waals surface area contributed by atoms with Crippen LogP contribution < -0.4 is 15.2 Å². The van der Waals surface area contributed by atoms with Gasteiger partial charge in [0.2, 0.25) is 0 Å². The Balaban J connectivity index is 2.92. The molecule has 0 saturated carbocycles. The molecule has 0 aromatic heterocycles. The SMILES string of the molecule is C=CCCOc1c(CC(N)CC)cccc1OCC. The van der Waals surface area contributed by atoms with E-state index in [1.807, 2.05) is 25.1 Å². The number of para-hydroxylation sites is 1. The van der Waals surface area contributed by atoms with E-state index in [1.54, 1.807) is 0 Å². The summed E-state index contributed by atoms with van der Waals surface area (Å²) < 4.78 is 11.5. The number of benzene rings is 1. The highest BCUT2D eigenvalue weighted by Crippen LogP contribution is 2.32. The lowest BCUT2D eigenvalue weighted by molar-refractivity contribution is 0.277. The molecule has 1 atom stereocenters. The van der Waals surface area contributed by atoms with E-state index in [9.17, 15) is 0 Å². The average Bonchev–Trinajstić information content (AvgIpc) is 2.42. The molecule has 0 heterocycles. The minimum atomic E-state index is 0.152. The zero-order chi connectivity index (χ0) is 14.1. The van der Waals surface area contributed by atoms with Gasteiger partial charge in [0.1, 0.15) is 0 Å². The predicted molar refractivity (Wildman–Crippen MR) is 79.9 cm³/mol. The minimum absolute atomic E-state index is 0.152. The second-order valence-electron chi connectivity index (χ2n) is 4.48. The molecule has 106 valence electrons. The van der Waals surface area contributed by atoms with Gasteiger partial charge < -0.3 is 15.2 Å². The van der Waals surface area contributed by atoms with Crippen molar-refractivity contribution in [2.45, 2.75) is 39.2 Å².